The molecule has 0 saturated heterocycles. The summed E-state index contributed by atoms with van der Waals surface area (Å²) in [5.74, 6) is -0.679. The van der Waals surface area contributed by atoms with Gasteiger partial charge in [-0.2, -0.15) is 0 Å². The number of methoxy groups -OCH3 is 2. The molecule has 0 heterocycles. The molecule has 0 unspecified atom stereocenters. The van der Waals surface area contributed by atoms with Crippen molar-refractivity contribution < 1.29 is 14.3 Å². The fraction of sp³-hybridized carbons (Fsp3) is 0.462. The number of hydrogen-bond donors (Lipinski definition) is 0. The molecule has 88 valence electrons. The highest BCUT2D eigenvalue weighted by atomic mass is 16.7. The van der Waals surface area contributed by atoms with Gasteiger partial charge in [-0.25, -0.2) is 0 Å². The number of carbonyl (C=O) groups excluding carboxylic acids is 1. The average Bonchev–Trinajstić information content (AvgIpc) is 2.32. The highest BCUT2D eigenvalue weighted by Gasteiger charge is 2.31. The van der Waals surface area contributed by atoms with Crippen molar-refractivity contribution in [2.24, 2.45) is 0 Å². The van der Waals surface area contributed by atoms with Crippen molar-refractivity contribution in [3.8, 4) is 0 Å². The predicted molar refractivity (Wildman–Crippen MR) is 62.1 cm³/mol. The van der Waals surface area contributed by atoms with Crippen LogP contribution in [0, 0.1) is 0 Å². The predicted octanol–water partition coefficient (Wildman–Crippen LogP) is 2.50. The minimum absolute atomic E-state index is 0.134. The van der Waals surface area contributed by atoms with Crippen LogP contribution < -0.4 is 0 Å². The van der Waals surface area contributed by atoms with Crippen LogP contribution >= 0.6 is 0 Å². The number of Topliss-reactive ketones (excluding diaryl/α,β-unsaturated/α-hetero) is 1. The second kappa shape index (κ2) is 5.77. The molecule has 0 aliphatic rings. The summed E-state index contributed by atoms with van der Waals surface area (Å²) in [7, 11) is 3.19. The zero-order valence-corrected chi connectivity index (χ0v) is 10.0. The molecule has 1 rings (SSSR count). The number of benzene rings is 1. The number of rotatable bonds is 6. The van der Waals surface area contributed by atoms with E-state index in [1.54, 1.807) is 21.1 Å². The van der Waals surface area contributed by atoms with E-state index in [2.05, 4.69) is 0 Å². The van der Waals surface area contributed by atoms with Crippen molar-refractivity contribution in [2.75, 3.05) is 14.2 Å². The first-order valence-electron chi connectivity index (χ1n) is 5.30. The van der Waals surface area contributed by atoms with Crippen LogP contribution in [0.25, 0.3) is 0 Å². The minimum Gasteiger partial charge on any atom is -0.349 e. The van der Waals surface area contributed by atoms with Crippen molar-refractivity contribution in [1.29, 1.82) is 0 Å². The molecule has 0 amide bonds. The smallest absolute Gasteiger partial charge is 0.194 e. The summed E-state index contributed by atoms with van der Waals surface area (Å²) in [5, 5.41) is 0. The molecular weight excluding hydrogens is 204 g/mol. The molecule has 0 aliphatic carbocycles. The Labute approximate surface area is 96.4 Å². The average molecular weight is 222 g/mol. The quantitative estimate of drug-likeness (QED) is 0.694. The van der Waals surface area contributed by atoms with Crippen LogP contribution in [0.5, 0.6) is 0 Å². The molecule has 0 atom stereocenters. The van der Waals surface area contributed by atoms with E-state index in [0.29, 0.717) is 12.8 Å². The van der Waals surface area contributed by atoms with Crippen LogP contribution in [-0.2, 0) is 20.1 Å². The normalized spacial score (nSPS) is 11.4. The molecule has 0 N–H and O–H groups in total. The summed E-state index contributed by atoms with van der Waals surface area (Å²) in [4.78, 5) is 11.0. The summed E-state index contributed by atoms with van der Waals surface area (Å²) in [6.07, 6.45) is 0.968. The maximum atomic E-state index is 11.0. The van der Waals surface area contributed by atoms with E-state index in [1.807, 2.05) is 30.3 Å². The molecule has 1 aromatic carbocycles. The summed E-state index contributed by atoms with van der Waals surface area (Å²) < 4.78 is 10.9. The number of carbonyl (C=O) groups is 1. The van der Waals surface area contributed by atoms with E-state index < -0.39 is 5.79 Å². The van der Waals surface area contributed by atoms with Crippen LogP contribution in [0.15, 0.2) is 30.3 Å². The van der Waals surface area contributed by atoms with E-state index in [0.717, 1.165) is 5.56 Å². The highest BCUT2D eigenvalue weighted by Crippen LogP contribution is 2.30. The summed E-state index contributed by atoms with van der Waals surface area (Å²) >= 11 is 0. The topological polar surface area (TPSA) is 35.5 Å². The first kappa shape index (κ1) is 12.9. The van der Waals surface area contributed by atoms with Gasteiger partial charge in [0.25, 0.3) is 0 Å². The highest BCUT2D eigenvalue weighted by molar-refractivity contribution is 5.75. The fourth-order valence-corrected chi connectivity index (χ4v) is 1.70. The van der Waals surface area contributed by atoms with Gasteiger partial charge >= 0.3 is 0 Å². The van der Waals surface area contributed by atoms with Crippen LogP contribution in [0.2, 0.25) is 0 Å². The Bertz CT molecular complexity index is 328. The van der Waals surface area contributed by atoms with Crippen LogP contribution in [0.1, 0.15) is 25.3 Å². The summed E-state index contributed by atoms with van der Waals surface area (Å²) in [6.45, 7) is 1.57. The lowest BCUT2D eigenvalue weighted by molar-refractivity contribution is -0.220. The lowest BCUT2D eigenvalue weighted by Crippen LogP contribution is -2.31. The molecule has 0 fully saturated rings. The van der Waals surface area contributed by atoms with Gasteiger partial charge in [0.1, 0.15) is 5.78 Å². The van der Waals surface area contributed by atoms with E-state index in [-0.39, 0.29) is 5.78 Å². The molecule has 0 aliphatic heterocycles. The number of hydrogen-bond acceptors (Lipinski definition) is 3. The summed E-state index contributed by atoms with van der Waals surface area (Å²) in [6, 6.07) is 9.66. The maximum absolute atomic E-state index is 11.0. The lowest BCUT2D eigenvalue weighted by Gasteiger charge is -2.31. The third-order valence-electron chi connectivity index (χ3n) is 2.68. The molecule has 0 aromatic heterocycles. The Hall–Kier alpha value is -1.19. The van der Waals surface area contributed by atoms with Gasteiger partial charge in [-0.1, -0.05) is 30.3 Å². The van der Waals surface area contributed by atoms with Gasteiger partial charge in [0.05, 0.1) is 0 Å². The van der Waals surface area contributed by atoms with E-state index in [4.69, 9.17) is 9.47 Å². The molecule has 3 nitrogen and oxygen atoms in total. The molecule has 1 aromatic rings. The standard InChI is InChI=1S/C13H18O3/c1-11(14)9-10-13(15-2,16-3)12-7-5-4-6-8-12/h4-8H,9-10H2,1-3H3. The Morgan fingerprint density at radius 1 is 1.19 bits per heavy atom. The zero-order valence-electron chi connectivity index (χ0n) is 10.0. The second-order valence-electron chi connectivity index (χ2n) is 3.73. The van der Waals surface area contributed by atoms with Gasteiger partial charge in [0.2, 0.25) is 0 Å². The molecule has 16 heavy (non-hydrogen) atoms. The Morgan fingerprint density at radius 2 is 1.75 bits per heavy atom. The first-order chi connectivity index (χ1) is 7.64. The molecule has 0 saturated carbocycles. The third-order valence-corrected chi connectivity index (χ3v) is 2.68. The number of ketones is 1. The van der Waals surface area contributed by atoms with Gasteiger partial charge in [-0.3, -0.25) is 0 Å². The van der Waals surface area contributed by atoms with Gasteiger partial charge in [0.15, 0.2) is 5.79 Å². The molecule has 0 radical (unpaired) electrons. The molecule has 3 heteroatoms. The van der Waals surface area contributed by atoms with Crippen molar-refractivity contribution in [3.05, 3.63) is 35.9 Å². The van der Waals surface area contributed by atoms with Gasteiger partial charge in [-0.05, 0) is 6.92 Å². The van der Waals surface area contributed by atoms with Crippen LogP contribution in [0.4, 0.5) is 0 Å². The van der Waals surface area contributed by atoms with Crippen molar-refractivity contribution in [2.45, 2.75) is 25.6 Å². The van der Waals surface area contributed by atoms with E-state index in [9.17, 15) is 4.79 Å². The van der Waals surface area contributed by atoms with Crippen molar-refractivity contribution in [3.63, 3.8) is 0 Å². The molecule has 0 bridgehead atoms. The molecule has 0 spiro atoms. The van der Waals surface area contributed by atoms with Gasteiger partial charge in [0, 0.05) is 32.6 Å². The Balaban J connectivity index is 2.92. The van der Waals surface area contributed by atoms with E-state index in [1.165, 1.54) is 0 Å². The Kier molecular flexibility index (Phi) is 4.65. The fourth-order valence-electron chi connectivity index (χ4n) is 1.70. The van der Waals surface area contributed by atoms with Gasteiger partial charge in [-0.15, -0.1) is 0 Å². The van der Waals surface area contributed by atoms with E-state index >= 15 is 0 Å². The monoisotopic (exact) mass is 222 g/mol. The van der Waals surface area contributed by atoms with Gasteiger partial charge < -0.3 is 14.3 Å². The second-order valence-corrected chi connectivity index (χ2v) is 3.73. The third kappa shape index (κ3) is 2.90. The maximum Gasteiger partial charge on any atom is 0.194 e. The first-order valence-corrected chi connectivity index (χ1v) is 5.30. The Morgan fingerprint density at radius 3 is 2.19 bits per heavy atom. The molecular formula is C13H18O3. The minimum atomic E-state index is -0.813. The summed E-state index contributed by atoms with van der Waals surface area (Å²) in [5.41, 5.74) is 0.932. The zero-order chi connectivity index (χ0) is 12.0. The number of ether oxygens (including phenoxy) is 2. The van der Waals surface area contributed by atoms with Crippen molar-refractivity contribution in [1.82, 2.24) is 0 Å². The van der Waals surface area contributed by atoms with Crippen LogP contribution in [-0.4, -0.2) is 20.0 Å². The van der Waals surface area contributed by atoms with Crippen molar-refractivity contribution >= 4 is 5.78 Å². The lowest BCUT2D eigenvalue weighted by atomic mass is 9.99. The SMILES string of the molecule is COC(CCC(C)=O)(OC)c1ccccc1. The van der Waals surface area contributed by atoms with Crippen LogP contribution in [0.3, 0.4) is 0 Å². The largest absolute Gasteiger partial charge is 0.349 e.